The van der Waals surface area contributed by atoms with Crippen molar-refractivity contribution in [2.24, 2.45) is 39.0 Å². The third kappa shape index (κ3) is 3.75. The van der Waals surface area contributed by atoms with E-state index in [0.29, 0.717) is 18.4 Å². The molecule has 2 unspecified atom stereocenters. The average molecular weight is 213 g/mol. The summed E-state index contributed by atoms with van der Waals surface area (Å²) >= 11 is 0. The maximum absolute atomic E-state index is 9.10. The van der Waals surface area contributed by atoms with Gasteiger partial charge in [-0.2, -0.15) is 4.99 Å². The highest BCUT2D eigenvalue weighted by atomic mass is 16.3. The second-order valence-corrected chi connectivity index (χ2v) is 3.87. The number of guanidine groups is 2. The molecule has 0 bridgehead atoms. The first-order valence-electron chi connectivity index (χ1n) is 5.14. The van der Waals surface area contributed by atoms with E-state index in [1.165, 1.54) is 0 Å². The predicted octanol–water partition coefficient (Wildman–Crippen LogP) is -1.02. The highest BCUT2D eigenvalue weighted by Crippen LogP contribution is 2.31. The van der Waals surface area contributed by atoms with Crippen molar-refractivity contribution < 1.29 is 5.11 Å². The van der Waals surface area contributed by atoms with Gasteiger partial charge in [0, 0.05) is 13.2 Å². The lowest BCUT2D eigenvalue weighted by Crippen LogP contribution is -2.27. The average Bonchev–Trinajstić information content (AvgIpc) is 2.60. The predicted molar refractivity (Wildman–Crippen MR) is 60.2 cm³/mol. The van der Waals surface area contributed by atoms with Gasteiger partial charge in [-0.05, 0) is 24.7 Å². The van der Waals surface area contributed by atoms with Crippen molar-refractivity contribution in [2.75, 3.05) is 13.2 Å². The van der Waals surface area contributed by atoms with E-state index in [4.69, 9.17) is 22.3 Å². The van der Waals surface area contributed by atoms with E-state index in [1.807, 2.05) is 0 Å². The van der Waals surface area contributed by atoms with Crippen molar-refractivity contribution in [3.05, 3.63) is 0 Å². The van der Waals surface area contributed by atoms with Gasteiger partial charge in [0.1, 0.15) is 0 Å². The first kappa shape index (κ1) is 11.8. The number of hydrogen-bond donors (Lipinski definition) is 4. The lowest BCUT2D eigenvalue weighted by atomic mass is 9.97. The molecule has 0 saturated heterocycles. The Bertz CT molecular complexity index is 259. The number of nitrogens with two attached hydrogens (primary N) is 3. The molecule has 0 aromatic rings. The molecule has 0 heterocycles. The largest absolute Gasteiger partial charge is 0.396 e. The van der Waals surface area contributed by atoms with Crippen LogP contribution in [0.3, 0.4) is 0 Å². The Hall–Kier alpha value is -1.30. The summed E-state index contributed by atoms with van der Waals surface area (Å²) in [5.41, 5.74) is 15.8. The van der Waals surface area contributed by atoms with E-state index < -0.39 is 0 Å². The molecule has 1 fully saturated rings. The first-order chi connectivity index (χ1) is 7.13. The molecule has 1 rings (SSSR count). The summed E-state index contributed by atoms with van der Waals surface area (Å²) in [5.74, 6) is 0.781. The van der Waals surface area contributed by atoms with E-state index in [-0.39, 0.29) is 18.5 Å². The third-order valence-corrected chi connectivity index (χ3v) is 2.78. The summed E-state index contributed by atoms with van der Waals surface area (Å²) in [6.45, 7) is 0.816. The maximum atomic E-state index is 9.10. The third-order valence-electron chi connectivity index (χ3n) is 2.78. The van der Waals surface area contributed by atoms with Gasteiger partial charge in [-0.15, -0.1) is 0 Å². The SMILES string of the molecule is NC(N)=NC(N)=NCC1CCCC1CO. The smallest absolute Gasteiger partial charge is 0.218 e. The fourth-order valence-electron chi connectivity index (χ4n) is 1.97. The Morgan fingerprint density at radius 1 is 1.20 bits per heavy atom. The number of hydrogen-bond acceptors (Lipinski definition) is 2. The minimum Gasteiger partial charge on any atom is -0.396 e. The fourth-order valence-corrected chi connectivity index (χ4v) is 1.97. The second kappa shape index (κ2) is 5.55. The number of rotatable bonds is 3. The van der Waals surface area contributed by atoms with Crippen LogP contribution in [-0.2, 0) is 0 Å². The van der Waals surface area contributed by atoms with Crippen LogP contribution in [0.15, 0.2) is 9.98 Å². The van der Waals surface area contributed by atoms with Gasteiger partial charge in [-0.25, -0.2) is 0 Å². The quantitative estimate of drug-likeness (QED) is 0.354. The van der Waals surface area contributed by atoms with Crippen LogP contribution >= 0.6 is 0 Å². The Balaban J connectivity index is 2.45. The fraction of sp³-hybridized carbons (Fsp3) is 0.778. The van der Waals surface area contributed by atoms with Crippen LogP contribution in [0.5, 0.6) is 0 Å². The minimum atomic E-state index is -0.0821. The van der Waals surface area contributed by atoms with Crippen molar-refractivity contribution in [3.8, 4) is 0 Å². The lowest BCUT2D eigenvalue weighted by Gasteiger charge is -2.14. The van der Waals surface area contributed by atoms with Gasteiger partial charge in [-0.1, -0.05) is 6.42 Å². The molecule has 7 N–H and O–H groups in total. The van der Waals surface area contributed by atoms with Crippen LogP contribution in [0.1, 0.15) is 19.3 Å². The molecule has 1 aliphatic carbocycles. The van der Waals surface area contributed by atoms with Gasteiger partial charge in [-0.3, -0.25) is 4.99 Å². The highest BCUT2D eigenvalue weighted by molar-refractivity contribution is 5.92. The van der Waals surface area contributed by atoms with Crippen molar-refractivity contribution in [2.45, 2.75) is 19.3 Å². The van der Waals surface area contributed by atoms with Gasteiger partial charge >= 0.3 is 0 Å². The summed E-state index contributed by atoms with van der Waals surface area (Å²) in [6.07, 6.45) is 3.30. The summed E-state index contributed by atoms with van der Waals surface area (Å²) < 4.78 is 0. The first-order valence-corrected chi connectivity index (χ1v) is 5.14. The minimum absolute atomic E-state index is 0.0821. The zero-order valence-electron chi connectivity index (χ0n) is 8.76. The molecule has 2 atom stereocenters. The van der Waals surface area contributed by atoms with E-state index in [0.717, 1.165) is 19.3 Å². The van der Waals surface area contributed by atoms with Crippen molar-refractivity contribution >= 4 is 11.9 Å². The molecular weight excluding hydrogens is 194 g/mol. The second-order valence-electron chi connectivity index (χ2n) is 3.87. The van der Waals surface area contributed by atoms with E-state index in [2.05, 4.69) is 9.98 Å². The molecular formula is C9H19N5O. The number of aliphatic hydroxyl groups is 1. The van der Waals surface area contributed by atoms with Gasteiger partial charge in [0.05, 0.1) is 0 Å². The van der Waals surface area contributed by atoms with Gasteiger partial charge in [0.15, 0.2) is 5.96 Å². The maximum Gasteiger partial charge on any atom is 0.218 e. The number of aliphatic hydroxyl groups excluding tert-OH is 1. The molecule has 0 radical (unpaired) electrons. The summed E-state index contributed by atoms with van der Waals surface area (Å²) in [7, 11) is 0. The number of aliphatic imine (C=N–C) groups is 2. The van der Waals surface area contributed by atoms with Gasteiger partial charge < -0.3 is 22.3 Å². The molecule has 15 heavy (non-hydrogen) atoms. The standard InChI is InChI=1S/C9H19N5O/c10-8(11)14-9(12)13-4-6-2-1-3-7(6)5-15/h6-7,15H,1-5H2,(H6,10,11,12,13,14). The molecule has 0 aromatic carbocycles. The summed E-state index contributed by atoms with van der Waals surface area (Å²) in [5, 5.41) is 9.10. The van der Waals surface area contributed by atoms with Crippen LogP contribution in [0, 0.1) is 11.8 Å². The molecule has 1 saturated carbocycles. The molecule has 0 amide bonds. The van der Waals surface area contributed by atoms with Crippen LogP contribution in [-0.4, -0.2) is 30.2 Å². The Morgan fingerprint density at radius 3 is 2.47 bits per heavy atom. The molecule has 6 nitrogen and oxygen atoms in total. The van der Waals surface area contributed by atoms with Crippen LogP contribution in [0.2, 0.25) is 0 Å². The van der Waals surface area contributed by atoms with E-state index >= 15 is 0 Å². The zero-order chi connectivity index (χ0) is 11.3. The van der Waals surface area contributed by atoms with E-state index in [1.54, 1.807) is 0 Å². The monoisotopic (exact) mass is 213 g/mol. The van der Waals surface area contributed by atoms with Crippen molar-refractivity contribution in [1.29, 1.82) is 0 Å². The normalized spacial score (nSPS) is 26.6. The van der Waals surface area contributed by atoms with Crippen LogP contribution in [0.4, 0.5) is 0 Å². The van der Waals surface area contributed by atoms with Crippen LogP contribution in [0.25, 0.3) is 0 Å². The van der Waals surface area contributed by atoms with Gasteiger partial charge in [0.25, 0.3) is 0 Å². The van der Waals surface area contributed by atoms with Crippen molar-refractivity contribution in [1.82, 2.24) is 0 Å². The molecule has 86 valence electrons. The van der Waals surface area contributed by atoms with Crippen LogP contribution < -0.4 is 17.2 Å². The zero-order valence-corrected chi connectivity index (χ0v) is 8.76. The Kier molecular flexibility index (Phi) is 4.36. The molecule has 0 aliphatic heterocycles. The van der Waals surface area contributed by atoms with Gasteiger partial charge in [0.2, 0.25) is 5.96 Å². The molecule has 1 aliphatic rings. The molecule has 0 aromatic heterocycles. The summed E-state index contributed by atoms with van der Waals surface area (Å²) in [4.78, 5) is 7.71. The van der Waals surface area contributed by atoms with Crippen molar-refractivity contribution in [3.63, 3.8) is 0 Å². The summed E-state index contributed by atoms with van der Waals surface area (Å²) in [6, 6.07) is 0. The highest BCUT2D eigenvalue weighted by Gasteiger charge is 2.26. The molecule has 0 spiro atoms. The topological polar surface area (TPSA) is 123 Å². The Labute approximate surface area is 89.3 Å². The molecule has 6 heteroatoms. The number of nitrogens with zero attached hydrogens (tertiary/aromatic N) is 2. The van der Waals surface area contributed by atoms with E-state index in [9.17, 15) is 0 Å². The lowest BCUT2D eigenvalue weighted by molar-refractivity contribution is 0.197. The Morgan fingerprint density at radius 2 is 1.87 bits per heavy atom.